The van der Waals surface area contributed by atoms with Crippen LogP contribution < -0.4 is 4.90 Å². The van der Waals surface area contributed by atoms with Gasteiger partial charge in [0.05, 0.1) is 0 Å². The minimum atomic E-state index is 1.10. The molecule has 0 spiro atoms. The molecule has 0 aliphatic carbocycles. The van der Waals surface area contributed by atoms with Crippen molar-refractivity contribution in [3.05, 3.63) is 212 Å². The number of hydrogen-bond donors (Lipinski definition) is 0. The van der Waals surface area contributed by atoms with Gasteiger partial charge < -0.3 is 4.90 Å². The average Bonchev–Trinajstić information content (AvgIpc) is 3.22. The highest BCUT2D eigenvalue weighted by molar-refractivity contribution is 6.04. The van der Waals surface area contributed by atoms with Crippen molar-refractivity contribution in [3.63, 3.8) is 0 Å². The van der Waals surface area contributed by atoms with E-state index in [2.05, 4.69) is 217 Å². The molecule has 0 aliphatic rings. The molecule has 51 heavy (non-hydrogen) atoms. The lowest BCUT2D eigenvalue weighted by atomic mass is 9.90. The first-order valence-corrected chi connectivity index (χ1v) is 17.5. The van der Waals surface area contributed by atoms with E-state index in [4.69, 9.17) is 0 Å². The van der Waals surface area contributed by atoms with Gasteiger partial charge in [-0.1, -0.05) is 170 Å². The zero-order valence-corrected chi connectivity index (χ0v) is 28.2. The van der Waals surface area contributed by atoms with Crippen molar-refractivity contribution in [2.75, 3.05) is 4.90 Å². The number of hydrogen-bond acceptors (Lipinski definition) is 1. The maximum Gasteiger partial charge on any atom is 0.0467 e. The van der Waals surface area contributed by atoms with Crippen LogP contribution in [0.1, 0.15) is 0 Å². The zero-order valence-electron chi connectivity index (χ0n) is 28.2. The normalized spacial score (nSPS) is 11.1. The molecule has 0 radical (unpaired) electrons. The second-order valence-corrected chi connectivity index (χ2v) is 13.0. The third-order valence-corrected chi connectivity index (χ3v) is 9.85. The Kier molecular flexibility index (Phi) is 7.92. The van der Waals surface area contributed by atoms with E-state index in [0.29, 0.717) is 0 Å². The molecule has 0 heterocycles. The second kappa shape index (κ2) is 13.3. The lowest BCUT2D eigenvalue weighted by Gasteiger charge is -2.26. The van der Waals surface area contributed by atoms with Crippen molar-refractivity contribution in [1.82, 2.24) is 0 Å². The van der Waals surface area contributed by atoms with Crippen LogP contribution in [0, 0.1) is 0 Å². The predicted octanol–water partition coefficient (Wildman–Crippen LogP) is 14.1. The van der Waals surface area contributed by atoms with Gasteiger partial charge in [-0.15, -0.1) is 0 Å². The average molecular weight is 650 g/mol. The standard InChI is InChI=1S/C50H35N/c1-3-12-36(13-4-1)43-19-11-20-47(35-43)51(45-29-24-38(25-30-45)44-23-22-37-14-7-8-18-42(37)34-44)46-31-26-40(27-32-46)49-33-28-39-15-9-10-21-48(39)50(49)41-16-5-2-6-17-41/h1-35H. The first-order valence-electron chi connectivity index (χ1n) is 17.5. The summed E-state index contributed by atoms with van der Waals surface area (Å²) in [6.45, 7) is 0. The van der Waals surface area contributed by atoms with E-state index in [9.17, 15) is 0 Å². The Labute approximate surface area is 299 Å². The van der Waals surface area contributed by atoms with E-state index >= 15 is 0 Å². The number of anilines is 3. The van der Waals surface area contributed by atoms with Crippen molar-refractivity contribution >= 4 is 38.6 Å². The third-order valence-electron chi connectivity index (χ3n) is 9.85. The van der Waals surface area contributed by atoms with Crippen molar-refractivity contribution < 1.29 is 0 Å². The van der Waals surface area contributed by atoms with Gasteiger partial charge in [0.15, 0.2) is 0 Å². The molecule has 0 aromatic heterocycles. The number of rotatable bonds is 7. The molecule has 240 valence electrons. The molecule has 0 N–H and O–H groups in total. The van der Waals surface area contributed by atoms with Crippen LogP contribution in [0.5, 0.6) is 0 Å². The Balaban J connectivity index is 1.14. The highest BCUT2D eigenvalue weighted by Gasteiger charge is 2.16. The first kappa shape index (κ1) is 30.4. The molecule has 0 saturated carbocycles. The van der Waals surface area contributed by atoms with Crippen molar-refractivity contribution in [2.45, 2.75) is 0 Å². The van der Waals surface area contributed by atoms with Crippen LogP contribution in [0.3, 0.4) is 0 Å². The quantitative estimate of drug-likeness (QED) is 0.166. The minimum Gasteiger partial charge on any atom is -0.310 e. The molecule has 0 atom stereocenters. The van der Waals surface area contributed by atoms with E-state index < -0.39 is 0 Å². The largest absolute Gasteiger partial charge is 0.310 e. The molecule has 1 nitrogen and oxygen atoms in total. The van der Waals surface area contributed by atoms with Crippen LogP contribution in [0.2, 0.25) is 0 Å². The zero-order chi connectivity index (χ0) is 34.0. The van der Waals surface area contributed by atoms with Gasteiger partial charge in [0.25, 0.3) is 0 Å². The topological polar surface area (TPSA) is 3.24 Å². The van der Waals surface area contributed by atoms with Gasteiger partial charge in [0, 0.05) is 17.1 Å². The Morgan fingerprint density at radius 1 is 0.255 bits per heavy atom. The molecule has 0 aliphatic heterocycles. The minimum absolute atomic E-state index is 1.10. The van der Waals surface area contributed by atoms with E-state index in [0.717, 1.165) is 17.1 Å². The summed E-state index contributed by atoms with van der Waals surface area (Å²) in [5, 5.41) is 5.01. The van der Waals surface area contributed by atoms with Crippen molar-refractivity contribution in [2.24, 2.45) is 0 Å². The molecule has 0 unspecified atom stereocenters. The predicted molar refractivity (Wildman–Crippen MR) is 218 cm³/mol. The van der Waals surface area contributed by atoms with Gasteiger partial charge >= 0.3 is 0 Å². The Bertz CT molecular complexity index is 2600. The highest BCUT2D eigenvalue weighted by atomic mass is 15.1. The van der Waals surface area contributed by atoms with Crippen molar-refractivity contribution in [3.8, 4) is 44.5 Å². The van der Waals surface area contributed by atoms with Crippen LogP contribution >= 0.6 is 0 Å². The number of nitrogens with zero attached hydrogens (tertiary/aromatic N) is 1. The van der Waals surface area contributed by atoms with Gasteiger partial charge in [0.2, 0.25) is 0 Å². The molecule has 0 fully saturated rings. The smallest absolute Gasteiger partial charge is 0.0467 e. The van der Waals surface area contributed by atoms with E-state index in [1.807, 2.05) is 0 Å². The van der Waals surface area contributed by atoms with E-state index in [1.165, 1.54) is 66.1 Å². The maximum atomic E-state index is 2.36. The number of fused-ring (bicyclic) bond motifs is 2. The summed E-state index contributed by atoms with van der Waals surface area (Å²) < 4.78 is 0. The van der Waals surface area contributed by atoms with Crippen LogP contribution in [-0.2, 0) is 0 Å². The molecule has 0 bridgehead atoms. The molecule has 0 saturated heterocycles. The summed E-state index contributed by atoms with van der Waals surface area (Å²) in [5.41, 5.74) is 13.0. The fraction of sp³-hybridized carbons (Fsp3) is 0. The van der Waals surface area contributed by atoms with Gasteiger partial charge in [-0.25, -0.2) is 0 Å². The van der Waals surface area contributed by atoms with Gasteiger partial charge in [-0.05, 0) is 109 Å². The number of benzene rings is 9. The fourth-order valence-corrected chi connectivity index (χ4v) is 7.29. The summed E-state index contributed by atoms with van der Waals surface area (Å²) in [6.07, 6.45) is 0. The summed E-state index contributed by atoms with van der Waals surface area (Å²) in [6, 6.07) is 76.6. The summed E-state index contributed by atoms with van der Waals surface area (Å²) in [7, 11) is 0. The molecule has 9 rings (SSSR count). The monoisotopic (exact) mass is 649 g/mol. The first-order chi connectivity index (χ1) is 25.3. The molecule has 0 amide bonds. The van der Waals surface area contributed by atoms with Crippen LogP contribution in [0.25, 0.3) is 66.1 Å². The molecular formula is C50H35N. The fourth-order valence-electron chi connectivity index (χ4n) is 7.29. The lowest BCUT2D eigenvalue weighted by Crippen LogP contribution is -2.10. The highest BCUT2D eigenvalue weighted by Crippen LogP contribution is 2.41. The maximum absolute atomic E-state index is 2.36. The van der Waals surface area contributed by atoms with Gasteiger partial charge in [-0.3, -0.25) is 0 Å². The van der Waals surface area contributed by atoms with Crippen LogP contribution in [0.15, 0.2) is 212 Å². The van der Waals surface area contributed by atoms with Crippen LogP contribution in [-0.4, -0.2) is 0 Å². The molecule has 9 aromatic carbocycles. The van der Waals surface area contributed by atoms with E-state index in [-0.39, 0.29) is 0 Å². The lowest BCUT2D eigenvalue weighted by molar-refractivity contribution is 1.28. The summed E-state index contributed by atoms with van der Waals surface area (Å²) in [4.78, 5) is 2.36. The van der Waals surface area contributed by atoms with Crippen molar-refractivity contribution in [1.29, 1.82) is 0 Å². The summed E-state index contributed by atoms with van der Waals surface area (Å²) in [5.74, 6) is 0. The molecule has 9 aromatic rings. The Hall–Kier alpha value is -6.70. The second-order valence-electron chi connectivity index (χ2n) is 13.0. The molecule has 1 heteroatoms. The van der Waals surface area contributed by atoms with Crippen LogP contribution in [0.4, 0.5) is 17.1 Å². The SMILES string of the molecule is c1ccc(-c2cccc(N(c3ccc(-c4ccc5ccccc5c4)cc3)c3ccc(-c4ccc5ccccc5c4-c4ccccc4)cc3)c2)cc1. The third kappa shape index (κ3) is 5.96. The van der Waals surface area contributed by atoms with Gasteiger partial charge in [-0.2, -0.15) is 0 Å². The summed E-state index contributed by atoms with van der Waals surface area (Å²) >= 11 is 0. The molecular weight excluding hydrogens is 615 g/mol. The van der Waals surface area contributed by atoms with Gasteiger partial charge in [0.1, 0.15) is 0 Å². The Morgan fingerprint density at radius 2 is 0.765 bits per heavy atom. The Morgan fingerprint density at radius 3 is 1.49 bits per heavy atom. The van der Waals surface area contributed by atoms with E-state index in [1.54, 1.807) is 0 Å².